The molecule has 1 N–H and O–H groups in total. The number of aromatic nitrogens is 3. The maximum Gasteiger partial charge on any atom is 0.220 e. The molecular weight excluding hydrogens is 304 g/mol. The Bertz CT molecular complexity index is 615. The monoisotopic (exact) mass is 328 g/mol. The Balaban J connectivity index is 1.47. The van der Waals surface area contributed by atoms with Crippen LogP contribution in [0.3, 0.4) is 0 Å². The minimum Gasteiger partial charge on any atom is -0.488 e. The van der Waals surface area contributed by atoms with Crippen LogP contribution in [0.2, 0.25) is 0 Å². The number of rotatable bonds is 7. The lowest BCUT2D eigenvalue weighted by Crippen LogP contribution is -2.47. The van der Waals surface area contributed by atoms with Crippen LogP contribution in [0.25, 0.3) is 0 Å². The van der Waals surface area contributed by atoms with Crippen molar-refractivity contribution in [3.8, 4) is 5.75 Å². The van der Waals surface area contributed by atoms with Crippen LogP contribution in [0.5, 0.6) is 5.75 Å². The number of nitrogens with one attached hydrogen (secondary N) is 1. The number of nitrogens with zero attached hydrogens (tertiary/aromatic N) is 3. The van der Waals surface area contributed by atoms with Gasteiger partial charge in [-0.1, -0.05) is 24.6 Å². The molecule has 6 nitrogen and oxygen atoms in total. The number of hydrogen-bond acceptors (Lipinski definition) is 4. The van der Waals surface area contributed by atoms with Crippen molar-refractivity contribution in [1.29, 1.82) is 0 Å². The molecule has 0 saturated heterocycles. The van der Waals surface area contributed by atoms with Crippen LogP contribution in [0, 0.1) is 0 Å². The highest BCUT2D eigenvalue weighted by Gasteiger charge is 2.28. The zero-order chi connectivity index (χ0) is 16.6. The summed E-state index contributed by atoms with van der Waals surface area (Å²) in [6.07, 6.45) is 8.73. The van der Waals surface area contributed by atoms with E-state index in [1.807, 2.05) is 30.3 Å². The van der Waals surface area contributed by atoms with Gasteiger partial charge in [-0.3, -0.25) is 9.48 Å². The van der Waals surface area contributed by atoms with Gasteiger partial charge in [0.15, 0.2) is 0 Å². The quantitative estimate of drug-likeness (QED) is 0.848. The Labute approximate surface area is 142 Å². The van der Waals surface area contributed by atoms with Crippen LogP contribution >= 0.6 is 0 Å². The topological polar surface area (TPSA) is 69.0 Å². The number of aryl methyl sites for hydroxylation is 1. The van der Waals surface area contributed by atoms with Crippen LogP contribution in [-0.2, 0) is 11.3 Å². The van der Waals surface area contributed by atoms with Crippen molar-refractivity contribution < 1.29 is 9.53 Å². The van der Waals surface area contributed by atoms with Gasteiger partial charge in [-0.05, 0) is 37.8 Å². The van der Waals surface area contributed by atoms with E-state index in [9.17, 15) is 4.79 Å². The summed E-state index contributed by atoms with van der Waals surface area (Å²) in [6.45, 7) is 0.710. The van der Waals surface area contributed by atoms with Gasteiger partial charge in [0, 0.05) is 13.0 Å². The fourth-order valence-electron chi connectivity index (χ4n) is 3.11. The molecule has 1 amide bonds. The Morgan fingerprint density at radius 3 is 2.88 bits per heavy atom. The Morgan fingerprint density at radius 2 is 2.08 bits per heavy atom. The molecule has 3 rings (SSSR count). The zero-order valence-electron chi connectivity index (χ0n) is 13.8. The number of ether oxygens (including phenoxy) is 1. The van der Waals surface area contributed by atoms with Gasteiger partial charge < -0.3 is 10.1 Å². The van der Waals surface area contributed by atoms with Gasteiger partial charge in [-0.15, -0.1) is 0 Å². The van der Waals surface area contributed by atoms with Gasteiger partial charge in [0.1, 0.15) is 24.5 Å². The average molecular weight is 328 g/mol. The third-order valence-electron chi connectivity index (χ3n) is 4.34. The number of amides is 1. The van der Waals surface area contributed by atoms with Crippen molar-refractivity contribution in [2.75, 3.05) is 0 Å². The maximum atomic E-state index is 12.2. The second kappa shape index (κ2) is 8.47. The first-order valence-electron chi connectivity index (χ1n) is 8.65. The van der Waals surface area contributed by atoms with Crippen LogP contribution < -0.4 is 10.1 Å². The third kappa shape index (κ3) is 4.81. The smallest absolute Gasteiger partial charge is 0.220 e. The molecule has 0 bridgehead atoms. The molecule has 0 aliphatic heterocycles. The van der Waals surface area contributed by atoms with Crippen molar-refractivity contribution in [3.05, 3.63) is 43.0 Å². The van der Waals surface area contributed by atoms with Crippen LogP contribution in [0.4, 0.5) is 0 Å². The van der Waals surface area contributed by atoms with Gasteiger partial charge in [0.2, 0.25) is 5.91 Å². The molecule has 128 valence electrons. The largest absolute Gasteiger partial charge is 0.488 e. The molecule has 6 heteroatoms. The molecule has 1 aliphatic rings. The molecule has 0 spiro atoms. The summed E-state index contributed by atoms with van der Waals surface area (Å²) < 4.78 is 7.84. The number of carbonyl (C=O) groups is 1. The summed E-state index contributed by atoms with van der Waals surface area (Å²) in [5.41, 5.74) is 0. The van der Waals surface area contributed by atoms with E-state index in [2.05, 4.69) is 15.4 Å². The number of carbonyl (C=O) groups excluding carboxylic acids is 1. The molecule has 2 atom stereocenters. The summed E-state index contributed by atoms with van der Waals surface area (Å²) in [4.78, 5) is 16.1. The molecule has 1 heterocycles. The summed E-state index contributed by atoms with van der Waals surface area (Å²) >= 11 is 0. The van der Waals surface area contributed by atoms with Crippen LogP contribution in [0.1, 0.15) is 38.5 Å². The van der Waals surface area contributed by atoms with Crippen LogP contribution in [0.15, 0.2) is 43.0 Å². The molecule has 0 unspecified atom stereocenters. The van der Waals surface area contributed by atoms with E-state index in [1.165, 1.54) is 6.33 Å². The number of hydrogen-bond donors (Lipinski definition) is 1. The van der Waals surface area contributed by atoms with E-state index >= 15 is 0 Å². The van der Waals surface area contributed by atoms with E-state index in [-0.39, 0.29) is 18.1 Å². The molecule has 1 fully saturated rings. The highest BCUT2D eigenvalue weighted by atomic mass is 16.5. The maximum absolute atomic E-state index is 12.2. The number of para-hydroxylation sites is 1. The number of benzene rings is 1. The van der Waals surface area contributed by atoms with Gasteiger partial charge in [0.25, 0.3) is 0 Å². The summed E-state index contributed by atoms with van der Waals surface area (Å²) in [5, 5.41) is 7.20. The first-order chi connectivity index (χ1) is 11.8. The van der Waals surface area contributed by atoms with E-state index in [0.717, 1.165) is 37.9 Å². The second-order valence-corrected chi connectivity index (χ2v) is 6.19. The lowest BCUT2D eigenvalue weighted by atomic mass is 9.92. The molecule has 1 aromatic carbocycles. The zero-order valence-corrected chi connectivity index (χ0v) is 13.8. The molecule has 0 radical (unpaired) electrons. The van der Waals surface area contributed by atoms with Crippen molar-refractivity contribution in [3.63, 3.8) is 0 Å². The molecule has 24 heavy (non-hydrogen) atoms. The fourth-order valence-corrected chi connectivity index (χ4v) is 3.11. The van der Waals surface area contributed by atoms with E-state index in [4.69, 9.17) is 4.74 Å². The minimum absolute atomic E-state index is 0.0559. The molecule has 1 aromatic heterocycles. The Hall–Kier alpha value is -2.37. The normalized spacial score (nSPS) is 20.5. The molecule has 1 aliphatic carbocycles. The minimum atomic E-state index is 0.0559. The second-order valence-electron chi connectivity index (χ2n) is 6.19. The van der Waals surface area contributed by atoms with Crippen LogP contribution in [-0.4, -0.2) is 32.8 Å². The van der Waals surface area contributed by atoms with E-state index in [0.29, 0.717) is 13.0 Å². The highest BCUT2D eigenvalue weighted by molar-refractivity contribution is 5.76. The van der Waals surface area contributed by atoms with E-state index in [1.54, 1.807) is 11.0 Å². The predicted octanol–water partition coefficient (Wildman–Crippen LogP) is 2.56. The van der Waals surface area contributed by atoms with E-state index < -0.39 is 0 Å². The first-order valence-corrected chi connectivity index (χ1v) is 8.65. The standard InChI is InChI=1S/C18H24N4O2/c23-18(11-6-12-22-14-19-13-20-22)21-16-9-4-5-10-17(16)24-15-7-2-1-3-8-15/h1-3,7-8,13-14,16-17H,4-6,9-12H2,(H,21,23)/t16-,17-/m1/s1. The summed E-state index contributed by atoms with van der Waals surface area (Å²) in [5.74, 6) is 0.957. The Kier molecular flexibility index (Phi) is 5.82. The first kappa shape index (κ1) is 16.5. The highest BCUT2D eigenvalue weighted by Crippen LogP contribution is 2.24. The average Bonchev–Trinajstić information content (AvgIpc) is 3.11. The summed E-state index contributed by atoms with van der Waals surface area (Å²) in [7, 11) is 0. The Morgan fingerprint density at radius 1 is 1.25 bits per heavy atom. The van der Waals surface area contributed by atoms with Crippen molar-refractivity contribution >= 4 is 5.91 Å². The molecular formula is C18H24N4O2. The third-order valence-corrected chi connectivity index (χ3v) is 4.34. The van der Waals surface area contributed by atoms with Gasteiger partial charge in [-0.25, -0.2) is 4.98 Å². The van der Waals surface area contributed by atoms with Gasteiger partial charge >= 0.3 is 0 Å². The lowest BCUT2D eigenvalue weighted by Gasteiger charge is -2.32. The van der Waals surface area contributed by atoms with Crippen molar-refractivity contribution in [1.82, 2.24) is 20.1 Å². The lowest BCUT2D eigenvalue weighted by molar-refractivity contribution is -0.123. The fraction of sp³-hybridized carbons (Fsp3) is 0.500. The van der Waals surface area contributed by atoms with Crippen molar-refractivity contribution in [2.45, 2.75) is 57.2 Å². The SMILES string of the molecule is O=C(CCCn1cncn1)N[C@@H]1CCCC[C@H]1Oc1ccccc1. The van der Waals surface area contributed by atoms with Gasteiger partial charge in [-0.2, -0.15) is 5.10 Å². The molecule has 1 saturated carbocycles. The summed E-state index contributed by atoms with van der Waals surface area (Å²) in [6, 6.07) is 9.93. The predicted molar refractivity (Wildman–Crippen MR) is 90.5 cm³/mol. The van der Waals surface area contributed by atoms with Gasteiger partial charge in [0.05, 0.1) is 6.04 Å². The molecule has 2 aromatic rings. The van der Waals surface area contributed by atoms with Crippen molar-refractivity contribution in [2.24, 2.45) is 0 Å².